The lowest BCUT2D eigenvalue weighted by molar-refractivity contribution is -0.237. The van der Waals surface area contributed by atoms with Crippen molar-refractivity contribution in [2.75, 3.05) is 19.5 Å². The Kier molecular flexibility index (Phi) is 8.99. The lowest BCUT2D eigenvalue weighted by atomic mass is 9.99. The van der Waals surface area contributed by atoms with E-state index in [1.54, 1.807) is 18.9 Å². The maximum Gasteiger partial charge on any atom is 0.132 e. The van der Waals surface area contributed by atoms with E-state index in [1.165, 1.54) is 0 Å². The molecule has 6 nitrogen and oxygen atoms in total. The van der Waals surface area contributed by atoms with Crippen molar-refractivity contribution in [1.29, 1.82) is 0 Å². The summed E-state index contributed by atoms with van der Waals surface area (Å²) in [5, 5.41) is 20.5. The highest BCUT2D eigenvalue weighted by molar-refractivity contribution is 7.99. The molecular formula is C23H30O6S. The summed E-state index contributed by atoms with van der Waals surface area (Å²) < 4.78 is 23.5. The van der Waals surface area contributed by atoms with E-state index in [4.69, 9.17) is 18.9 Å². The van der Waals surface area contributed by atoms with E-state index < -0.39 is 24.4 Å². The number of aliphatic hydroxyl groups is 2. The lowest BCUT2D eigenvalue weighted by Crippen LogP contribution is -2.59. The van der Waals surface area contributed by atoms with Gasteiger partial charge in [0.2, 0.25) is 0 Å². The van der Waals surface area contributed by atoms with Gasteiger partial charge in [0.05, 0.1) is 26.9 Å². The molecule has 1 aliphatic rings. The van der Waals surface area contributed by atoms with Gasteiger partial charge in [-0.1, -0.05) is 49.4 Å². The summed E-state index contributed by atoms with van der Waals surface area (Å²) in [5.74, 6) is 1.59. The van der Waals surface area contributed by atoms with Crippen LogP contribution in [0, 0.1) is 0 Å². The van der Waals surface area contributed by atoms with Crippen LogP contribution < -0.4 is 4.74 Å². The van der Waals surface area contributed by atoms with Gasteiger partial charge < -0.3 is 29.2 Å². The van der Waals surface area contributed by atoms with Crippen LogP contribution in [0.15, 0.2) is 54.6 Å². The largest absolute Gasteiger partial charge is 0.497 e. The van der Waals surface area contributed by atoms with E-state index in [9.17, 15) is 10.2 Å². The minimum atomic E-state index is -0.997. The Labute approximate surface area is 182 Å². The van der Waals surface area contributed by atoms with Gasteiger partial charge in [0.15, 0.2) is 0 Å². The van der Waals surface area contributed by atoms with Crippen molar-refractivity contribution in [1.82, 2.24) is 0 Å². The van der Waals surface area contributed by atoms with Gasteiger partial charge in [-0.05, 0) is 29.0 Å². The Morgan fingerprint density at radius 1 is 0.933 bits per heavy atom. The number of methoxy groups -OCH3 is 1. The molecule has 7 heteroatoms. The topological polar surface area (TPSA) is 77.4 Å². The predicted octanol–water partition coefficient (Wildman–Crippen LogP) is 3.00. The number of thioether (sulfide) groups is 1. The minimum absolute atomic E-state index is 0.282. The van der Waals surface area contributed by atoms with Crippen molar-refractivity contribution in [3.8, 4) is 5.75 Å². The van der Waals surface area contributed by atoms with Gasteiger partial charge in [0.25, 0.3) is 0 Å². The number of hydrogen-bond acceptors (Lipinski definition) is 7. The zero-order valence-corrected chi connectivity index (χ0v) is 18.2. The van der Waals surface area contributed by atoms with E-state index in [-0.39, 0.29) is 12.0 Å². The van der Waals surface area contributed by atoms with E-state index in [2.05, 4.69) is 0 Å². The summed E-state index contributed by atoms with van der Waals surface area (Å²) in [5.41, 5.74) is 1.64. The molecule has 164 valence electrons. The van der Waals surface area contributed by atoms with Crippen molar-refractivity contribution in [3.63, 3.8) is 0 Å². The van der Waals surface area contributed by atoms with E-state index in [0.717, 1.165) is 22.6 Å². The molecule has 2 aromatic carbocycles. The zero-order valence-electron chi connectivity index (χ0n) is 17.3. The molecule has 30 heavy (non-hydrogen) atoms. The molecule has 0 unspecified atom stereocenters. The summed E-state index contributed by atoms with van der Waals surface area (Å²) in [6.07, 6.45) is -2.83. The fourth-order valence-corrected chi connectivity index (χ4v) is 4.36. The van der Waals surface area contributed by atoms with Crippen LogP contribution in [0.25, 0.3) is 0 Å². The van der Waals surface area contributed by atoms with Crippen molar-refractivity contribution in [2.45, 2.75) is 50.0 Å². The van der Waals surface area contributed by atoms with Gasteiger partial charge in [0.1, 0.15) is 35.6 Å². The zero-order chi connectivity index (χ0) is 21.3. The maximum atomic E-state index is 10.8. The van der Waals surface area contributed by atoms with Crippen molar-refractivity contribution in [3.05, 3.63) is 65.7 Å². The summed E-state index contributed by atoms with van der Waals surface area (Å²) in [4.78, 5) is 0. The Hall–Kier alpha value is -1.61. The second kappa shape index (κ2) is 11.7. The second-order valence-corrected chi connectivity index (χ2v) is 8.43. The Morgan fingerprint density at radius 3 is 2.17 bits per heavy atom. The lowest BCUT2D eigenvalue weighted by Gasteiger charge is -2.43. The maximum absolute atomic E-state index is 10.8. The van der Waals surface area contributed by atoms with Crippen LogP contribution in [0.1, 0.15) is 18.1 Å². The third-order valence-corrected chi connectivity index (χ3v) is 6.06. The van der Waals surface area contributed by atoms with Crippen molar-refractivity contribution >= 4 is 11.8 Å². The molecule has 0 radical (unpaired) electrons. The van der Waals surface area contributed by atoms with Crippen LogP contribution in [0.5, 0.6) is 5.75 Å². The average molecular weight is 435 g/mol. The average Bonchev–Trinajstić information content (AvgIpc) is 2.79. The van der Waals surface area contributed by atoms with Gasteiger partial charge in [0, 0.05) is 0 Å². The molecule has 2 aromatic rings. The summed E-state index contributed by atoms with van der Waals surface area (Å²) in [7, 11) is 1.62. The third-order valence-electron chi connectivity index (χ3n) is 5.02. The van der Waals surface area contributed by atoms with Gasteiger partial charge in [-0.2, -0.15) is 0 Å². The predicted molar refractivity (Wildman–Crippen MR) is 116 cm³/mol. The number of aliphatic hydroxyl groups excluding tert-OH is 2. The van der Waals surface area contributed by atoms with Gasteiger partial charge in [-0.25, -0.2) is 0 Å². The molecule has 0 aromatic heterocycles. The van der Waals surface area contributed by atoms with Crippen LogP contribution in [-0.2, 0) is 27.4 Å². The van der Waals surface area contributed by atoms with Gasteiger partial charge in [-0.3, -0.25) is 0 Å². The monoisotopic (exact) mass is 434 g/mol. The molecule has 0 bridgehead atoms. The molecule has 3 rings (SSSR count). The fraction of sp³-hybridized carbons (Fsp3) is 0.478. The molecule has 2 N–H and O–H groups in total. The highest BCUT2D eigenvalue weighted by Gasteiger charge is 2.46. The molecule has 0 amide bonds. The number of ether oxygens (including phenoxy) is 4. The molecule has 1 fully saturated rings. The normalized spacial score (nSPS) is 26.5. The summed E-state index contributed by atoms with van der Waals surface area (Å²) in [6.45, 7) is 2.44. The highest BCUT2D eigenvalue weighted by Crippen LogP contribution is 2.33. The van der Waals surface area contributed by atoms with Crippen LogP contribution >= 0.6 is 11.8 Å². The summed E-state index contributed by atoms with van der Waals surface area (Å²) >= 11 is 1.58. The van der Waals surface area contributed by atoms with Crippen molar-refractivity contribution in [2.24, 2.45) is 0 Å². The SMILES string of the molecule is CCS[C@@H]1O[C@H](CO)[C@@H](O)[C@H](OCc2ccc(OC)cc2)[C@H]1OCc1ccccc1. The molecule has 1 aliphatic heterocycles. The Morgan fingerprint density at radius 2 is 1.57 bits per heavy atom. The summed E-state index contributed by atoms with van der Waals surface area (Å²) in [6, 6.07) is 17.4. The van der Waals surface area contributed by atoms with Crippen molar-refractivity contribution < 1.29 is 29.2 Å². The first-order valence-electron chi connectivity index (χ1n) is 10.1. The third kappa shape index (κ3) is 5.97. The Bertz CT molecular complexity index is 741. The number of benzene rings is 2. The molecule has 5 atom stereocenters. The number of rotatable bonds is 10. The smallest absolute Gasteiger partial charge is 0.132 e. The molecule has 0 spiro atoms. The van der Waals surface area contributed by atoms with Crippen LogP contribution in [0.3, 0.4) is 0 Å². The fourth-order valence-electron chi connectivity index (χ4n) is 3.39. The van der Waals surface area contributed by atoms with Crippen LogP contribution in [-0.4, -0.2) is 59.5 Å². The standard InChI is InChI=1S/C23H30O6S/c1-3-30-23-22(28-14-16-7-5-4-6-8-16)21(20(25)19(13-24)29-23)27-15-17-9-11-18(26-2)12-10-17/h4-12,19-25H,3,13-15H2,1-2H3/t19-,20-,21+,22-,23+/m1/s1. The Balaban J connectivity index is 1.74. The molecule has 1 heterocycles. The van der Waals surface area contributed by atoms with Gasteiger partial charge >= 0.3 is 0 Å². The number of hydrogen-bond donors (Lipinski definition) is 2. The molecule has 1 saturated heterocycles. The van der Waals surface area contributed by atoms with E-state index in [1.807, 2.05) is 61.5 Å². The first-order chi connectivity index (χ1) is 14.7. The second-order valence-electron chi connectivity index (χ2n) is 7.06. The van der Waals surface area contributed by atoms with Crippen LogP contribution in [0.4, 0.5) is 0 Å². The first-order valence-corrected chi connectivity index (χ1v) is 11.2. The quantitative estimate of drug-likeness (QED) is 0.595. The first kappa shape index (κ1) is 23.1. The minimum Gasteiger partial charge on any atom is -0.497 e. The highest BCUT2D eigenvalue weighted by atomic mass is 32.2. The molecule has 0 saturated carbocycles. The molecule has 0 aliphatic carbocycles. The van der Waals surface area contributed by atoms with E-state index >= 15 is 0 Å². The molecular weight excluding hydrogens is 404 g/mol. The van der Waals surface area contributed by atoms with Gasteiger partial charge in [-0.15, -0.1) is 11.8 Å². The van der Waals surface area contributed by atoms with Crippen LogP contribution in [0.2, 0.25) is 0 Å². The van der Waals surface area contributed by atoms with E-state index in [0.29, 0.717) is 13.2 Å².